The van der Waals surface area contributed by atoms with Crippen LogP contribution in [0.4, 0.5) is 4.79 Å². The van der Waals surface area contributed by atoms with Gasteiger partial charge in [-0.25, -0.2) is 9.59 Å². The maximum Gasteiger partial charge on any atom is 0.328 e. The van der Waals surface area contributed by atoms with Crippen molar-refractivity contribution < 1.29 is 19.8 Å². The van der Waals surface area contributed by atoms with Crippen LogP contribution in [-0.4, -0.2) is 34.9 Å². The van der Waals surface area contributed by atoms with Crippen LogP contribution in [0, 0.1) is 0 Å². The van der Waals surface area contributed by atoms with Gasteiger partial charge in [-0.1, -0.05) is 29.8 Å². The molecule has 18 heavy (non-hydrogen) atoms. The third-order valence-electron chi connectivity index (χ3n) is 2.18. The third-order valence-corrected chi connectivity index (χ3v) is 2.55. The number of carboxylic acid groups (broad SMARTS) is 1. The monoisotopic (exact) mass is 272 g/mol. The average Bonchev–Trinajstić information content (AvgIpc) is 2.34. The van der Waals surface area contributed by atoms with E-state index in [9.17, 15) is 9.59 Å². The Morgan fingerprint density at radius 3 is 2.56 bits per heavy atom. The summed E-state index contributed by atoms with van der Waals surface area (Å²) >= 11 is 5.89. The minimum Gasteiger partial charge on any atom is -0.480 e. The molecule has 6 nitrogen and oxygen atoms in total. The fraction of sp³-hybridized carbons (Fsp3) is 0.273. The van der Waals surface area contributed by atoms with Gasteiger partial charge in [-0.15, -0.1) is 0 Å². The summed E-state index contributed by atoms with van der Waals surface area (Å²) in [7, 11) is 0. The molecule has 0 aliphatic heterocycles. The molecule has 1 atom stereocenters. The summed E-state index contributed by atoms with van der Waals surface area (Å²) in [5, 5.41) is 22.4. The molecule has 0 saturated carbocycles. The molecule has 4 N–H and O–H groups in total. The average molecular weight is 273 g/mol. The third kappa shape index (κ3) is 4.23. The molecule has 0 spiro atoms. The standard InChI is InChI=1S/C11H13ClN2O4/c12-8-4-2-1-3-7(8)5-13-11(18)14-9(6-15)10(16)17/h1-4,9,15H,5-6H2,(H,16,17)(H2,13,14,18)/t9-/m0/s1. The van der Waals surface area contributed by atoms with E-state index in [0.29, 0.717) is 10.6 Å². The first kappa shape index (κ1) is 14.3. The molecule has 0 saturated heterocycles. The van der Waals surface area contributed by atoms with Crippen molar-refractivity contribution >= 4 is 23.6 Å². The van der Waals surface area contributed by atoms with E-state index in [4.69, 9.17) is 21.8 Å². The van der Waals surface area contributed by atoms with Crippen molar-refractivity contribution in [1.29, 1.82) is 0 Å². The predicted octanol–water partition coefficient (Wildman–Crippen LogP) is 0.585. The largest absolute Gasteiger partial charge is 0.480 e. The highest BCUT2D eigenvalue weighted by Gasteiger charge is 2.18. The first-order valence-corrected chi connectivity index (χ1v) is 5.54. The summed E-state index contributed by atoms with van der Waals surface area (Å²) in [6.45, 7) is -0.502. The summed E-state index contributed by atoms with van der Waals surface area (Å²) in [6.07, 6.45) is 0. The molecule has 0 unspecified atom stereocenters. The Bertz CT molecular complexity index is 439. The van der Waals surface area contributed by atoms with Gasteiger partial charge in [0, 0.05) is 11.6 Å². The number of urea groups is 1. The number of nitrogens with one attached hydrogen (secondary N) is 2. The van der Waals surface area contributed by atoms with E-state index < -0.39 is 24.6 Å². The molecular formula is C11H13ClN2O4. The first-order chi connectivity index (χ1) is 8.54. The fourth-order valence-electron chi connectivity index (χ4n) is 1.21. The van der Waals surface area contributed by atoms with Gasteiger partial charge in [0.1, 0.15) is 0 Å². The molecule has 0 heterocycles. The molecule has 0 radical (unpaired) electrons. The molecule has 7 heteroatoms. The van der Waals surface area contributed by atoms with E-state index >= 15 is 0 Å². The second-order valence-electron chi connectivity index (χ2n) is 3.49. The number of carbonyl (C=O) groups is 2. The summed E-state index contributed by atoms with van der Waals surface area (Å²) in [6, 6.07) is 4.95. The van der Waals surface area contributed by atoms with E-state index in [1.54, 1.807) is 24.3 Å². The summed E-state index contributed by atoms with van der Waals surface area (Å²) in [5.41, 5.74) is 0.713. The molecule has 1 aromatic carbocycles. The number of halogens is 1. The number of benzene rings is 1. The second-order valence-corrected chi connectivity index (χ2v) is 3.90. The smallest absolute Gasteiger partial charge is 0.328 e. The molecule has 0 bridgehead atoms. The lowest BCUT2D eigenvalue weighted by Crippen LogP contribution is -2.47. The zero-order chi connectivity index (χ0) is 13.5. The van der Waals surface area contributed by atoms with Crippen molar-refractivity contribution in [1.82, 2.24) is 10.6 Å². The molecule has 1 rings (SSSR count). The number of carbonyl (C=O) groups excluding carboxylic acids is 1. The Morgan fingerprint density at radius 1 is 1.33 bits per heavy atom. The highest BCUT2D eigenvalue weighted by atomic mass is 35.5. The van der Waals surface area contributed by atoms with Crippen LogP contribution in [0.5, 0.6) is 0 Å². The van der Waals surface area contributed by atoms with Crippen molar-refractivity contribution in [2.24, 2.45) is 0 Å². The number of aliphatic carboxylic acids is 1. The maximum atomic E-state index is 11.4. The molecule has 0 aromatic heterocycles. The van der Waals surface area contributed by atoms with Crippen molar-refractivity contribution in [3.63, 3.8) is 0 Å². The van der Waals surface area contributed by atoms with Gasteiger partial charge in [-0.2, -0.15) is 0 Å². The Balaban J connectivity index is 2.47. The van der Waals surface area contributed by atoms with Gasteiger partial charge in [0.25, 0.3) is 0 Å². The predicted molar refractivity (Wildman–Crippen MR) is 65.3 cm³/mol. The van der Waals surface area contributed by atoms with Crippen LogP contribution in [0.25, 0.3) is 0 Å². The zero-order valence-electron chi connectivity index (χ0n) is 9.39. The van der Waals surface area contributed by atoms with E-state index in [2.05, 4.69) is 10.6 Å². The molecule has 0 aliphatic carbocycles. The van der Waals surface area contributed by atoms with Crippen LogP contribution in [0.15, 0.2) is 24.3 Å². The minimum absolute atomic E-state index is 0.170. The molecule has 0 fully saturated rings. The lowest BCUT2D eigenvalue weighted by Gasteiger charge is -2.13. The SMILES string of the molecule is O=C(NCc1ccccc1Cl)N[C@@H](CO)C(=O)O. The van der Waals surface area contributed by atoms with Gasteiger partial charge in [0.05, 0.1) is 6.61 Å². The molecule has 0 aliphatic rings. The number of aliphatic hydroxyl groups excluding tert-OH is 1. The number of hydrogen-bond donors (Lipinski definition) is 4. The van der Waals surface area contributed by atoms with E-state index in [1.807, 2.05) is 0 Å². The minimum atomic E-state index is -1.32. The lowest BCUT2D eigenvalue weighted by molar-refractivity contribution is -0.140. The quantitative estimate of drug-likeness (QED) is 0.630. The van der Waals surface area contributed by atoms with Crippen molar-refractivity contribution in [2.45, 2.75) is 12.6 Å². The highest BCUT2D eigenvalue weighted by Crippen LogP contribution is 2.14. The van der Waals surface area contributed by atoms with Gasteiger partial charge < -0.3 is 20.8 Å². The molecule has 98 valence electrons. The zero-order valence-corrected chi connectivity index (χ0v) is 10.1. The van der Waals surface area contributed by atoms with Gasteiger partial charge in [-0.05, 0) is 11.6 Å². The number of carboxylic acids is 1. The van der Waals surface area contributed by atoms with E-state index in [1.165, 1.54) is 0 Å². The van der Waals surface area contributed by atoms with Gasteiger partial charge in [0.2, 0.25) is 0 Å². The van der Waals surface area contributed by atoms with Crippen LogP contribution in [0.1, 0.15) is 5.56 Å². The number of hydrogen-bond acceptors (Lipinski definition) is 3. The molecule has 1 aromatic rings. The van der Waals surface area contributed by atoms with Crippen molar-refractivity contribution in [3.05, 3.63) is 34.9 Å². The van der Waals surface area contributed by atoms with Crippen LogP contribution in [0.3, 0.4) is 0 Å². The van der Waals surface area contributed by atoms with Crippen LogP contribution in [0.2, 0.25) is 5.02 Å². The Morgan fingerprint density at radius 2 is 2.00 bits per heavy atom. The summed E-state index contributed by atoms with van der Waals surface area (Å²) in [4.78, 5) is 21.9. The Labute approximate surface area is 109 Å². The lowest BCUT2D eigenvalue weighted by atomic mass is 10.2. The van der Waals surface area contributed by atoms with Crippen LogP contribution < -0.4 is 10.6 Å². The Kier molecular flexibility index (Phi) is 5.41. The second kappa shape index (κ2) is 6.83. The van der Waals surface area contributed by atoms with Crippen molar-refractivity contribution in [3.8, 4) is 0 Å². The van der Waals surface area contributed by atoms with E-state index in [-0.39, 0.29) is 6.54 Å². The number of rotatable bonds is 5. The fourth-order valence-corrected chi connectivity index (χ4v) is 1.41. The number of aliphatic hydroxyl groups is 1. The molecule has 2 amide bonds. The van der Waals surface area contributed by atoms with Crippen LogP contribution >= 0.6 is 11.6 Å². The maximum absolute atomic E-state index is 11.4. The van der Waals surface area contributed by atoms with Gasteiger partial charge in [0.15, 0.2) is 6.04 Å². The molecular weight excluding hydrogens is 260 g/mol. The van der Waals surface area contributed by atoms with E-state index in [0.717, 1.165) is 0 Å². The van der Waals surface area contributed by atoms with Gasteiger partial charge >= 0.3 is 12.0 Å². The first-order valence-electron chi connectivity index (χ1n) is 5.16. The topological polar surface area (TPSA) is 98.7 Å². The number of amides is 2. The van der Waals surface area contributed by atoms with Crippen LogP contribution in [-0.2, 0) is 11.3 Å². The Hall–Kier alpha value is -1.79. The normalized spacial score (nSPS) is 11.7. The summed E-state index contributed by atoms with van der Waals surface area (Å²) < 4.78 is 0. The van der Waals surface area contributed by atoms with Crippen molar-refractivity contribution in [2.75, 3.05) is 6.61 Å². The highest BCUT2D eigenvalue weighted by molar-refractivity contribution is 6.31. The summed E-state index contributed by atoms with van der Waals surface area (Å²) in [5.74, 6) is -1.30. The van der Waals surface area contributed by atoms with Gasteiger partial charge in [-0.3, -0.25) is 0 Å².